The Hall–Kier alpha value is -5.41. The van der Waals surface area contributed by atoms with E-state index in [-0.39, 0.29) is 34.4 Å². The first kappa shape index (κ1) is 120. The van der Waals surface area contributed by atoms with Gasteiger partial charge in [0.15, 0.2) is 0 Å². The summed E-state index contributed by atoms with van der Waals surface area (Å²) >= 11 is 4.39. The number of rotatable bonds is 12. The summed E-state index contributed by atoms with van der Waals surface area (Å²) in [5.41, 5.74) is 4.50. The number of allylic oxidation sites excluding steroid dienone is 1. The Labute approximate surface area is 488 Å². The molecule has 0 saturated carbocycles. The molecule has 5 N–H and O–H groups in total. The fourth-order valence-electron chi connectivity index (χ4n) is 2.11. The number of carboxylic acid groups (broad SMARTS) is 3. The van der Waals surface area contributed by atoms with E-state index >= 15 is 0 Å². The van der Waals surface area contributed by atoms with Gasteiger partial charge in [-0.25, -0.2) is 19.2 Å². The van der Waals surface area contributed by atoms with Gasteiger partial charge in [-0.3, -0.25) is 19.2 Å². The maximum atomic E-state index is 11.1. The Bertz CT molecular complexity index is 1410. The molecule has 0 saturated heterocycles. The topological polar surface area (TPSA) is 280 Å². The average molecular weight is 1250 g/mol. The van der Waals surface area contributed by atoms with Crippen molar-refractivity contribution in [3.63, 3.8) is 0 Å². The van der Waals surface area contributed by atoms with Gasteiger partial charge in [-0.15, -0.1) is 0 Å². The predicted octanol–water partition coefficient (Wildman–Crippen LogP) is 9.39. The van der Waals surface area contributed by atoms with Crippen molar-refractivity contribution in [1.82, 2.24) is 15.1 Å². The quantitative estimate of drug-likeness (QED) is 0.0498. The molecular formula is C57H118ClIN4O14-2. The zero-order valence-electron chi connectivity index (χ0n) is 54.4. The summed E-state index contributed by atoms with van der Waals surface area (Å²) in [7, 11) is 5.95. The number of hydrogen-bond donors (Lipinski definition) is 4. The van der Waals surface area contributed by atoms with Crippen LogP contribution >= 0.6 is 11.6 Å². The number of nitrogens with two attached hydrogens (primary N) is 1. The zero-order chi connectivity index (χ0) is 66.4. The molecule has 0 unspecified atom stereocenters. The Balaban J connectivity index is -0.0000000354. The predicted molar refractivity (Wildman–Crippen MR) is 323 cm³/mol. The molecule has 0 radical (unpaired) electrons. The minimum absolute atomic E-state index is 0.0983. The van der Waals surface area contributed by atoms with E-state index in [0.717, 1.165) is 29.3 Å². The van der Waals surface area contributed by atoms with Gasteiger partial charge in [-0.05, 0) is 39.4 Å². The Morgan fingerprint density at radius 1 is 0.584 bits per heavy atom. The van der Waals surface area contributed by atoms with E-state index in [2.05, 4.69) is 20.5 Å². The molecule has 1 rings (SSSR count). The molecule has 1 aromatic carbocycles. The Kier molecular flexibility index (Phi) is 216. The summed E-state index contributed by atoms with van der Waals surface area (Å²) < 4.78 is 11.5. The van der Waals surface area contributed by atoms with Crippen LogP contribution in [0.5, 0.6) is 0 Å². The number of carbonyl (C=O) groups is 9. The fourth-order valence-corrected chi connectivity index (χ4v) is 3.88. The molecular weight excluding hydrogens is 1130 g/mol. The van der Waals surface area contributed by atoms with Crippen LogP contribution in [0.4, 0.5) is 0 Å². The molecule has 0 aliphatic carbocycles. The number of nitrogens with zero attached hydrogens (tertiary/aromatic N) is 2. The second-order valence-electron chi connectivity index (χ2n) is 8.22. The standard InChI is InChI=1S/C9H8IO2.C8H11NO5.C7H11NO2.C4H5ClO3.C4H7NO2.12C2H6.CH5N/c11-9(12)6-7-10-8-4-2-1-3-5-8;1-3-14-8(13)7(12)9(2)5-4-6(10)11;1-4-5-8(3)7(10)6(2)9;1-2-8-4(7)3(5)6;1-5-3-2-4(6)7;13*1-2/h1-7H,(H,11,12);4-5H,3H2,1-2H3,(H,10,11);4-5H,1-3H3;2H2,1H3;2-3,5H,1H3,(H,6,7);12*1-2H3;2H2,1H3/q-1;;;;;;;;;;;;;;;;;/p-1/b7-6-;2*5-4-;;3-2-;;;;;;;;;;;;;. The SMILES string of the molecule is C/C=C\N(C)C(=O)C(C)=O.CC.CC.CC.CC.CC.CC.CC.CC.CC.CC.CC.CC.CCOC(=O)C(=O)Cl.CCOC(=O)C(=O)N(C)/C=C\C(=O)O.CN.CN/C=C\C(=O)O.O=C([O-])/C=C\[I-]c1ccccc1. The first-order valence-electron chi connectivity index (χ1n) is 26.6. The monoisotopic (exact) mass is 1240 g/mol. The van der Waals surface area contributed by atoms with Crippen LogP contribution in [0.1, 0.15) is 194 Å². The molecule has 466 valence electrons. The van der Waals surface area contributed by atoms with Crippen LogP contribution in [0.3, 0.4) is 0 Å². The van der Waals surface area contributed by atoms with E-state index in [0.29, 0.717) is 0 Å². The molecule has 0 heterocycles. The Morgan fingerprint density at radius 3 is 1.14 bits per heavy atom. The summed E-state index contributed by atoms with van der Waals surface area (Å²) in [6.07, 6.45) is 8.44. The van der Waals surface area contributed by atoms with Gasteiger partial charge < -0.3 is 40.5 Å². The zero-order valence-corrected chi connectivity index (χ0v) is 57.4. The normalized spacial score (nSPS) is 7.45. The van der Waals surface area contributed by atoms with Gasteiger partial charge in [0.05, 0.1) is 13.2 Å². The number of nitrogens with one attached hydrogen (secondary N) is 1. The van der Waals surface area contributed by atoms with E-state index in [4.69, 9.17) is 21.8 Å². The number of halogens is 2. The number of aliphatic carboxylic acids is 3. The van der Waals surface area contributed by atoms with Gasteiger partial charge in [0.2, 0.25) is 5.78 Å². The third-order valence-corrected chi connectivity index (χ3v) is 6.47. The first-order valence-corrected chi connectivity index (χ1v) is 29.3. The van der Waals surface area contributed by atoms with Crippen LogP contribution in [0.2, 0.25) is 0 Å². The fraction of sp³-hybridized carbons (Fsp3) is 0.596. The molecule has 77 heavy (non-hydrogen) atoms. The third-order valence-electron chi connectivity index (χ3n) is 4.15. The number of hydrogen-bond acceptors (Lipinski definition) is 14. The van der Waals surface area contributed by atoms with Crippen LogP contribution < -0.4 is 37.4 Å². The summed E-state index contributed by atoms with van der Waals surface area (Å²) in [5.74, 6) is -7.10. The molecule has 0 fully saturated rings. The number of esters is 2. The van der Waals surface area contributed by atoms with Gasteiger partial charge >= 0.3 is 116 Å². The number of likely N-dealkylation sites (N-methyl/N-ethyl adjacent to an activating group) is 2. The van der Waals surface area contributed by atoms with Crippen molar-refractivity contribution in [1.29, 1.82) is 0 Å². The second kappa shape index (κ2) is 139. The van der Waals surface area contributed by atoms with Crippen molar-refractivity contribution < 1.29 is 89.1 Å². The number of carbonyl (C=O) groups excluding carboxylic acids is 7. The van der Waals surface area contributed by atoms with Crippen molar-refractivity contribution in [2.24, 2.45) is 5.73 Å². The van der Waals surface area contributed by atoms with Crippen molar-refractivity contribution in [2.45, 2.75) is 194 Å². The number of carboxylic acids is 3. The van der Waals surface area contributed by atoms with Gasteiger partial charge in [0, 0.05) is 58.8 Å². The molecule has 0 aliphatic rings. The van der Waals surface area contributed by atoms with Crippen LogP contribution in [-0.2, 0) is 52.6 Å². The van der Waals surface area contributed by atoms with Crippen molar-refractivity contribution in [3.8, 4) is 0 Å². The molecule has 0 atom stereocenters. The Morgan fingerprint density at radius 2 is 0.909 bits per heavy atom. The van der Waals surface area contributed by atoms with E-state index in [1.807, 2.05) is 197 Å². The van der Waals surface area contributed by atoms with E-state index in [1.165, 1.54) is 35.7 Å². The molecule has 0 bridgehead atoms. The molecule has 0 aliphatic heterocycles. The van der Waals surface area contributed by atoms with Crippen molar-refractivity contribution in [3.05, 3.63) is 80.9 Å². The van der Waals surface area contributed by atoms with E-state index in [1.54, 1.807) is 51.2 Å². The van der Waals surface area contributed by atoms with Gasteiger partial charge in [-0.1, -0.05) is 172 Å². The van der Waals surface area contributed by atoms with Crippen molar-refractivity contribution >= 4 is 64.3 Å². The molecule has 20 heteroatoms. The van der Waals surface area contributed by atoms with E-state index in [9.17, 15) is 48.3 Å². The van der Waals surface area contributed by atoms with Crippen LogP contribution in [0, 0.1) is 3.57 Å². The number of amides is 2. The third kappa shape index (κ3) is 153. The molecule has 1 aromatic rings. The van der Waals surface area contributed by atoms with Crippen LogP contribution in [0.25, 0.3) is 0 Å². The maximum absolute atomic E-state index is 11.1. The number of Topliss-reactive ketones (excluding diaryl/α,β-unsaturated/α-hetero) is 1. The number of ketones is 1. The second-order valence-corrected chi connectivity index (χ2v) is 11.1. The molecule has 0 spiro atoms. The summed E-state index contributed by atoms with van der Waals surface area (Å²) in [5, 5.41) is 27.6. The molecule has 2 amide bonds. The van der Waals surface area contributed by atoms with Gasteiger partial charge in [0.25, 0.3) is 5.91 Å². The van der Waals surface area contributed by atoms with Gasteiger partial charge in [0.1, 0.15) is 0 Å². The number of benzene rings is 1. The summed E-state index contributed by atoms with van der Waals surface area (Å²) in [4.78, 5) is 94.8. The summed E-state index contributed by atoms with van der Waals surface area (Å²) in [6, 6.07) is 9.82. The van der Waals surface area contributed by atoms with Crippen molar-refractivity contribution in [2.75, 3.05) is 41.4 Å². The van der Waals surface area contributed by atoms with E-state index < -0.39 is 52.7 Å². The minimum atomic E-state index is -1.20. The average Bonchev–Trinajstić information content (AvgIpc) is 3.49. The molecule has 18 nitrogen and oxygen atoms in total. The van der Waals surface area contributed by atoms with Gasteiger partial charge in [-0.2, -0.15) is 0 Å². The van der Waals surface area contributed by atoms with Crippen LogP contribution in [-0.4, -0.2) is 114 Å². The summed E-state index contributed by atoms with van der Waals surface area (Å²) in [6.45, 7) is 54.5. The molecule has 0 aromatic heterocycles. The van der Waals surface area contributed by atoms with Crippen LogP contribution in [0.15, 0.2) is 77.3 Å². The number of ether oxygens (including phenoxy) is 2. The first-order chi connectivity index (χ1) is 36.8.